The van der Waals surface area contributed by atoms with Gasteiger partial charge in [-0.25, -0.2) is 4.39 Å². The minimum atomic E-state index is -0.232. The Hall–Kier alpha value is -1.65. The Kier molecular flexibility index (Phi) is 4.12. The van der Waals surface area contributed by atoms with Crippen LogP contribution in [0.1, 0.15) is 30.0 Å². The summed E-state index contributed by atoms with van der Waals surface area (Å²) in [6.45, 7) is 2.48. The van der Waals surface area contributed by atoms with Gasteiger partial charge in [0.15, 0.2) is 0 Å². The van der Waals surface area contributed by atoms with Crippen LogP contribution in [0.4, 0.5) is 4.39 Å². The van der Waals surface area contributed by atoms with E-state index in [1.807, 2.05) is 13.0 Å². The van der Waals surface area contributed by atoms with Gasteiger partial charge >= 0.3 is 0 Å². The zero-order chi connectivity index (χ0) is 13.0. The minimum Gasteiger partial charge on any atom is -0.462 e. The third kappa shape index (κ3) is 3.18. The van der Waals surface area contributed by atoms with Crippen molar-refractivity contribution in [2.24, 2.45) is 0 Å². The first-order chi connectivity index (χ1) is 8.69. The minimum absolute atomic E-state index is 0.0898. The van der Waals surface area contributed by atoms with Gasteiger partial charge in [0.05, 0.1) is 6.54 Å². The molecule has 2 aromatic rings. The zero-order valence-corrected chi connectivity index (χ0v) is 10.2. The monoisotopic (exact) mass is 249 g/mol. The molecule has 1 unspecified atom stereocenters. The van der Waals surface area contributed by atoms with E-state index in [-0.39, 0.29) is 18.5 Å². The lowest BCUT2D eigenvalue weighted by molar-refractivity contribution is 0.242. The van der Waals surface area contributed by atoms with Gasteiger partial charge in [0.25, 0.3) is 0 Å². The number of furan rings is 1. The molecule has 1 aromatic heterocycles. The van der Waals surface area contributed by atoms with Gasteiger partial charge in [0.1, 0.15) is 23.9 Å². The lowest BCUT2D eigenvalue weighted by Gasteiger charge is -2.13. The summed E-state index contributed by atoms with van der Waals surface area (Å²) >= 11 is 0. The number of nitrogens with one attached hydrogen (secondary N) is 1. The van der Waals surface area contributed by atoms with Crippen LogP contribution in [-0.4, -0.2) is 5.11 Å². The van der Waals surface area contributed by atoms with Crippen LogP contribution >= 0.6 is 0 Å². The van der Waals surface area contributed by atoms with E-state index in [0.717, 1.165) is 11.3 Å². The summed E-state index contributed by atoms with van der Waals surface area (Å²) in [5.74, 6) is 1.10. The van der Waals surface area contributed by atoms with E-state index < -0.39 is 0 Å². The molecule has 96 valence electrons. The average molecular weight is 249 g/mol. The summed E-state index contributed by atoms with van der Waals surface area (Å²) in [6.07, 6.45) is 0. The van der Waals surface area contributed by atoms with Crippen molar-refractivity contribution in [1.29, 1.82) is 0 Å². The van der Waals surface area contributed by atoms with Crippen molar-refractivity contribution >= 4 is 0 Å². The number of aliphatic hydroxyl groups is 1. The van der Waals surface area contributed by atoms with Crippen LogP contribution in [0.2, 0.25) is 0 Å². The van der Waals surface area contributed by atoms with Gasteiger partial charge in [0.2, 0.25) is 0 Å². The fourth-order valence-electron chi connectivity index (χ4n) is 1.73. The predicted molar refractivity (Wildman–Crippen MR) is 66.3 cm³/mol. The average Bonchev–Trinajstić information content (AvgIpc) is 2.85. The van der Waals surface area contributed by atoms with Crippen molar-refractivity contribution in [3.05, 3.63) is 59.3 Å². The Morgan fingerprint density at radius 1 is 1.17 bits per heavy atom. The van der Waals surface area contributed by atoms with Crippen molar-refractivity contribution < 1.29 is 13.9 Å². The summed E-state index contributed by atoms with van der Waals surface area (Å²) in [4.78, 5) is 0. The van der Waals surface area contributed by atoms with E-state index in [1.165, 1.54) is 12.1 Å². The van der Waals surface area contributed by atoms with Crippen molar-refractivity contribution in [2.75, 3.05) is 0 Å². The smallest absolute Gasteiger partial charge is 0.129 e. The van der Waals surface area contributed by atoms with Crippen molar-refractivity contribution in [3.8, 4) is 0 Å². The second-order valence-electron chi connectivity index (χ2n) is 4.18. The Labute approximate surface area is 105 Å². The molecule has 1 aromatic carbocycles. The van der Waals surface area contributed by atoms with Gasteiger partial charge in [-0.15, -0.1) is 0 Å². The molecule has 18 heavy (non-hydrogen) atoms. The Bertz CT molecular complexity index is 493. The van der Waals surface area contributed by atoms with Gasteiger partial charge in [-0.2, -0.15) is 0 Å². The van der Waals surface area contributed by atoms with Crippen LogP contribution in [0.25, 0.3) is 0 Å². The molecule has 0 saturated carbocycles. The highest BCUT2D eigenvalue weighted by Crippen LogP contribution is 2.14. The largest absolute Gasteiger partial charge is 0.462 e. The molecule has 3 nitrogen and oxygen atoms in total. The first-order valence-electron chi connectivity index (χ1n) is 5.86. The SMILES string of the molecule is CC(NCc1ccc(CO)o1)c1ccc(F)cc1. The molecule has 0 aliphatic heterocycles. The van der Waals surface area contributed by atoms with Gasteiger partial charge < -0.3 is 14.8 Å². The summed E-state index contributed by atoms with van der Waals surface area (Å²) in [6, 6.07) is 10.1. The van der Waals surface area contributed by atoms with Crippen LogP contribution in [0.3, 0.4) is 0 Å². The van der Waals surface area contributed by atoms with Crippen LogP contribution in [0.5, 0.6) is 0 Å². The van der Waals surface area contributed by atoms with Gasteiger partial charge in [-0.3, -0.25) is 0 Å². The second-order valence-corrected chi connectivity index (χ2v) is 4.18. The van der Waals surface area contributed by atoms with Crippen molar-refractivity contribution in [2.45, 2.75) is 26.1 Å². The number of hydrogen-bond donors (Lipinski definition) is 2. The predicted octanol–water partition coefficient (Wildman–Crippen LogP) is 2.76. The summed E-state index contributed by atoms with van der Waals surface area (Å²) < 4.78 is 18.1. The Morgan fingerprint density at radius 2 is 1.83 bits per heavy atom. The van der Waals surface area contributed by atoms with Gasteiger partial charge in [0, 0.05) is 6.04 Å². The molecule has 2 N–H and O–H groups in total. The van der Waals surface area contributed by atoms with Crippen LogP contribution in [-0.2, 0) is 13.2 Å². The third-order valence-corrected chi connectivity index (χ3v) is 2.83. The summed E-state index contributed by atoms with van der Waals surface area (Å²) in [5, 5.41) is 12.2. The maximum Gasteiger partial charge on any atom is 0.129 e. The maximum absolute atomic E-state index is 12.8. The maximum atomic E-state index is 12.8. The molecular weight excluding hydrogens is 233 g/mol. The molecule has 0 aliphatic rings. The van der Waals surface area contributed by atoms with Crippen LogP contribution < -0.4 is 5.32 Å². The van der Waals surface area contributed by atoms with Crippen LogP contribution in [0, 0.1) is 5.82 Å². The molecule has 0 saturated heterocycles. The Balaban J connectivity index is 1.91. The zero-order valence-electron chi connectivity index (χ0n) is 10.2. The molecule has 0 fully saturated rings. The molecule has 0 radical (unpaired) electrons. The fourth-order valence-corrected chi connectivity index (χ4v) is 1.73. The molecule has 4 heteroatoms. The van der Waals surface area contributed by atoms with E-state index in [1.54, 1.807) is 18.2 Å². The van der Waals surface area contributed by atoms with E-state index in [2.05, 4.69) is 5.32 Å². The van der Waals surface area contributed by atoms with Gasteiger partial charge in [-0.05, 0) is 36.8 Å². The summed E-state index contributed by atoms with van der Waals surface area (Å²) in [7, 11) is 0. The molecule has 1 atom stereocenters. The number of benzene rings is 1. The lowest BCUT2D eigenvalue weighted by Crippen LogP contribution is -2.17. The molecule has 1 heterocycles. The number of rotatable bonds is 5. The van der Waals surface area contributed by atoms with E-state index in [0.29, 0.717) is 12.3 Å². The molecule has 0 bridgehead atoms. The Morgan fingerprint density at radius 3 is 2.44 bits per heavy atom. The molecule has 2 rings (SSSR count). The lowest BCUT2D eigenvalue weighted by atomic mass is 10.1. The quantitative estimate of drug-likeness (QED) is 0.856. The number of aliphatic hydroxyl groups excluding tert-OH is 1. The molecule has 0 amide bonds. The molecule has 0 spiro atoms. The van der Waals surface area contributed by atoms with E-state index >= 15 is 0 Å². The third-order valence-electron chi connectivity index (χ3n) is 2.83. The normalized spacial score (nSPS) is 12.6. The molecule has 0 aliphatic carbocycles. The first kappa shape index (κ1) is 12.8. The standard InChI is InChI=1S/C14H16FNO2/c1-10(11-2-4-12(15)5-3-11)16-8-13-6-7-14(9-17)18-13/h2-7,10,16-17H,8-9H2,1H3. The van der Waals surface area contributed by atoms with E-state index in [9.17, 15) is 4.39 Å². The second kappa shape index (κ2) is 5.80. The van der Waals surface area contributed by atoms with Crippen molar-refractivity contribution in [1.82, 2.24) is 5.32 Å². The summed E-state index contributed by atoms with van der Waals surface area (Å²) in [5.41, 5.74) is 1.02. The highest BCUT2D eigenvalue weighted by Gasteiger charge is 2.06. The molecular formula is C14H16FNO2. The number of hydrogen-bond acceptors (Lipinski definition) is 3. The van der Waals surface area contributed by atoms with Crippen LogP contribution in [0.15, 0.2) is 40.8 Å². The van der Waals surface area contributed by atoms with E-state index in [4.69, 9.17) is 9.52 Å². The topological polar surface area (TPSA) is 45.4 Å². The number of halogens is 1. The van der Waals surface area contributed by atoms with Crippen molar-refractivity contribution in [3.63, 3.8) is 0 Å². The highest BCUT2D eigenvalue weighted by atomic mass is 19.1. The highest BCUT2D eigenvalue weighted by molar-refractivity contribution is 5.19. The van der Waals surface area contributed by atoms with Gasteiger partial charge in [-0.1, -0.05) is 12.1 Å². The fraction of sp³-hybridized carbons (Fsp3) is 0.286. The first-order valence-corrected chi connectivity index (χ1v) is 5.86.